The van der Waals surface area contributed by atoms with E-state index < -0.39 is 0 Å². The number of carbonyl (C=O) groups is 2. The van der Waals surface area contributed by atoms with Crippen molar-refractivity contribution in [3.05, 3.63) is 39.8 Å². The highest BCUT2D eigenvalue weighted by Gasteiger charge is 2.37. The van der Waals surface area contributed by atoms with Gasteiger partial charge >= 0.3 is 0 Å². The monoisotopic (exact) mass is 311 g/mol. The summed E-state index contributed by atoms with van der Waals surface area (Å²) in [7, 11) is 0. The molecule has 2 amide bonds. The molecule has 0 unspecified atom stereocenters. The normalized spacial score (nSPS) is 15.4. The minimum Gasteiger partial charge on any atom is -0.396 e. The molecule has 0 atom stereocenters. The predicted molar refractivity (Wildman–Crippen MR) is 80.3 cm³/mol. The molecule has 0 spiro atoms. The molecular weight excluding hydrogens is 298 g/mol. The van der Waals surface area contributed by atoms with Gasteiger partial charge in [0, 0.05) is 17.3 Å². The van der Waals surface area contributed by atoms with E-state index in [-0.39, 0.29) is 18.4 Å². The highest BCUT2D eigenvalue weighted by atomic mass is 35.5. The molecule has 0 saturated heterocycles. The van der Waals surface area contributed by atoms with E-state index in [4.69, 9.17) is 16.7 Å². The van der Waals surface area contributed by atoms with Gasteiger partial charge in [-0.3, -0.25) is 14.5 Å². The molecule has 6 heteroatoms. The molecule has 0 bridgehead atoms. The molecule has 2 rings (SSSR count). The lowest BCUT2D eigenvalue weighted by Gasteiger charge is -2.11. The van der Waals surface area contributed by atoms with Crippen molar-refractivity contribution >= 4 is 40.8 Å². The van der Waals surface area contributed by atoms with Gasteiger partial charge in [0.25, 0.3) is 11.8 Å². The summed E-state index contributed by atoms with van der Waals surface area (Å²) in [5, 5.41) is 9.50. The SMILES string of the molecule is CCN1C(=O)C(SCCO)=C(c2ccc(Cl)cc2)C1=O. The van der Waals surface area contributed by atoms with E-state index in [0.29, 0.717) is 33.4 Å². The Hall–Kier alpha value is -1.30. The summed E-state index contributed by atoms with van der Waals surface area (Å²) in [4.78, 5) is 26.2. The van der Waals surface area contributed by atoms with Crippen LogP contribution in [0.2, 0.25) is 5.02 Å². The molecular formula is C14H14ClNO3S. The first kappa shape index (κ1) is 15.1. The van der Waals surface area contributed by atoms with Gasteiger partial charge in [-0.2, -0.15) is 0 Å². The van der Waals surface area contributed by atoms with Crippen molar-refractivity contribution in [1.29, 1.82) is 0 Å². The number of rotatable bonds is 5. The van der Waals surface area contributed by atoms with Crippen LogP contribution in [0.4, 0.5) is 0 Å². The Labute approximate surface area is 126 Å². The highest BCUT2D eigenvalue weighted by Crippen LogP contribution is 2.36. The third-order valence-corrected chi connectivity index (χ3v) is 4.22. The Kier molecular flexibility index (Phi) is 4.86. The van der Waals surface area contributed by atoms with Gasteiger partial charge in [-0.1, -0.05) is 23.7 Å². The molecule has 1 aromatic carbocycles. The van der Waals surface area contributed by atoms with Gasteiger partial charge in [0.2, 0.25) is 0 Å². The van der Waals surface area contributed by atoms with E-state index >= 15 is 0 Å². The van der Waals surface area contributed by atoms with E-state index in [0.717, 1.165) is 0 Å². The smallest absolute Gasteiger partial charge is 0.267 e. The van der Waals surface area contributed by atoms with Crippen LogP contribution in [0.25, 0.3) is 5.57 Å². The lowest BCUT2D eigenvalue weighted by Crippen LogP contribution is -2.31. The van der Waals surface area contributed by atoms with Crippen LogP contribution in [0.1, 0.15) is 12.5 Å². The Bertz CT molecular complexity index is 568. The van der Waals surface area contributed by atoms with E-state index in [1.165, 1.54) is 16.7 Å². The third kappa shape index (κ3) is 2.75. The van der Waals surface area contributed by atoms with Crippen LogP contribution in [-0.2, 0) is 9.59 Å². The maximum absolute atomic E-state index is 12.3. The summed E-state index contributed by atoms with van der Waals surface area (Å²) in [5.74, 6) is -0.204. The number of halogens is 1. The van der Waals surface area contributed by atoms with E-state index in [1.807, 2.05) is 0 Å². The Morgan fingerprint density at radius 3 is 2.40 bits per heavy atom. The Morgan fingerprint density at radius 1 is 1.20 bits per heavy atom. The van der Waals surface area contributed by atoms with E-state index in [2.05, 4.69) is 0 Å². The topological polar surface area (TPSA) is 57.6 Å². The average molecular weight is 312 g/mol. The van der Waals surface area contributed by atoms with Crippen LogP contribution in [0.5, 0.6) is 0 Å². The number of hydrogen-bond donors (Lipinski definition) is 1. The van der Waals surface area contributed by atoms with E-state index in [9.17, 15) is 9.59 Å². The molecule has 1 aliphatic heterocycles. The fourth-order valence-electron chi connectivity index (χ4n) is 1.99. The molecule has 1 aliphatic rings. The number of carbonyl (C=O) groups excluding carboxylic acids is 2. The van der Waals surface area contributed by atoms with Crippen LogP contribution in [0.15, 0.2) is 29.2 Å². The summed E-state index contributed by atoms with van der Waals surface area (Å²) in [5.41, 5.74) is 1.07. The minimum absolute atomic E-state index is 0.0460. The molecule has 20 heavy (non-hydrogen) atoms. The zero-order valence-electron chi connectivity index (χ0n) is 10.9. The molecule has 0 fully saturated rings. The molecule has 0 radical (unpaired) electrons. The van der Waals surface area contributed by atoms with Gasteiger partial charge in [0.1, 0.15) is 0 Å². The molecule has 4 nitrogen and oxygen atoms in total. The Morgan fingerprint density at radius 2 is 1.85 bits per heavy atom. The first-order chi connectivity index (χ1) is 9.60. The molecule has 1 aromatic rings. The molecule has 0 aromatic heterocycles. The van der Waals surface area contributed by atoms with Crippen LogP contribution in [-0.4, -0.2) is 40.7 Å². The number of amides is 2. The lowest BCUT2D eigenvalue weighted by atomic mass is 10.1. The minimum atomic E-state index is -0.291. The van der Waals surface area contributed by atoms with Gasteiger partial charge in [-0.15, -0.1) is 11.8 Å². The van der Waals surface area contributed by atoms with Crippen molar-refractivity contribution in [2.75, 3.05) is 18.9 Å². The molecule has 0 aliphatic carbocycles. The number of aliphatic hydroxyl groups excluding tert-OH is 1. The zero-order valence-corrected chi connectivity index (χ0v) is 12.5. The van der Waals surface area contributed by atoms with Gasteiger partial charge in [0.15, 0.2) is 0 Å². The molecule has 106 valence electrons. The summed E-state index contributed by atoms with van der Waals surface area (Å²) >= 11 is 7.05. The van der Waals surface area contributed by atoms with Crippen molar-refractivity contribution < 1.29 is 14.7 Å². The van der Waals surface area contributed by atoms with Crippen LogP contribution in [0, 0.1) is 0 Å². The van der Waals surface area contributed by atoms with Crippen molar-refractivity contribution in [2.45, 2.75) is 6.92 Å². The number of thioether (sulfide) groups is 1. The standard InChI is InChI=1S/C14H14ClNO3S/c1-2-16-13(18)11(9-3-5-10(15)6-4-9)12(14(16)19)20-8-7-17/h3-6,17H,2,7-8H2,1H3. The second kappa shape index (κ2) is 6.43. The third-order valence-electron chi connectivity index (χ3n) is 2.91. The maximum Gasteiger partial charge on any atom is 0.267 e. The number of likely N-dealkylation sites (N-methyl/N-ethyl adjacent to an activating group) is 1. The van der Waals surface area contributed by atoms with Crippen LogP contribution < -0.4 is 0 Å². The number of benzene rings is 1. The second-order valence-electron chi connectivity index (χ2n) is 4.14. The predicted octanol–water partition coefficient (Wildman–Crippen LogP) is 2.17. The zero-order chi connectivity index (χ0) is 14.7. The summed E-state index contributed by atoms with van der Waals surface area (Å²) < 4.78 is 0. The van der Waals surface area contributed by atoms with Crippen molar-refractivity contribution in [2.24, 2.45) is 0 Å². The van der Waals surface area contributed by atoms with Gasteiger partial charge < -0.3 is 5.11 Å². The van der Waals surface area contributed by atoms with Crippen LogP contribution in [0.3, 0.4) is 0 Å². The van der Waals surface area contributed by atoms with Crippen molar-refractivity contribution in [1.82, 2.24) is 4.90 Å². The number of nitrogens with zero attached hydrogens (tertiary/aromatic N) is 1. The van der Waals surface area contributed by atoms with Crippen molar-refractivity contribution in [3.63, 3.8) is 0 Å². The van der Waals surface area contributed by atoms with Gasteiger partial charge in [-0.05, 0) is 24.6 Å². The Balaban J connectivity index is 2.46. The fourth-order valence-corrected chi connectivity index (χ4v) is 3.00. The first-order valence-corrected chi connectivity index (χ1v) is 7.56. The summed E-state index contributed by atoms with van der Waals surface area (Å²) in [6, 6.07) is 6.82. The summed E-state index contributed by atoms with van der Waals surface area (Å²) in [6.45, 7) is 2.04. The quantitative estimate of drug-likeness (QED) is 0.847. The van der Waals surface area contributed by atoms with Gasteiger partial charge in [0.05, 0.1) is 17.1 Å². The highest BCUT2D eigenvalue weighted by molar-refractivity contribution is 8.04. The number of hydrogen-bond acceptors (Lipinski definition) is 4. The average Bonchev–Trinajstić information content (AvgIpc) is 2.68. The molecule has 0 saturated carbocycles. The summed E-state index contributed by atoms with van der Waals surface area (Å²) in [6.07, 6.45) is 0. The second-order valence-corrected chi connectivity index (χ2v) is 5.68. The molecule has 1 N–H and O–H groups in total. The van der Waals surface area contributed by atoms with Crippen molar-refractivity contribution in [3.8, 4) is 0 Å². The number of imide groups is 1. The fraction of sp³-hybridized carbons (Fsp3) is 0.286. The van der Waals surface area contributed by atoms with Crippen LogP contribution >= 0.6 is 23.4 Å². The molecule has 1 heterocycles. The van der Waals surface area contributed by atoms with Gasteiger partial charge in [-0.25, -0.2) is 0 Å². The number of aliphatic hydroxyl groups is 1. The largest absolute Gasteiger partial charge is 0.396 e. The lowest BCUT2D eigenvalue weighted by molar-refractivity contribution is -0.136. The van der Waals surface area contributed by atoms with E-state index in [1.54, 1.807) is 31.2 Å². The maximum atomic E-state index is 12.3. The first-order valence-electron chi connectivity index (χ1n) is 6.20.